The summed E-state index contributed by atoms with van der Waals surface area (Å²) in [7, 11) is 0. The zero-order valence-corrected chi connectivity index (χ0v) is 9.95. The van der Waals surface area contributed by atoms with Crippen molar-refractivity contribution in [3.63, 3.8) is 0 Å². The van der Waals surface area contributed by atoms with E-state index in [4.69, 9.17) is 0 Å². The van der Waals surface area contributed by atoms with Crippen molar-refractivity contribution in [1.82, 2.24) is 10.2 Å². The number of nitrogens with zero attached hydrogens (tertiary/aromatic N) is 2. The molecular formula is C13H11N3S. The normalized spacial score (nSPS) is 10.6. The molecule has 0 aliphatic rings. The monoisotopic (exact) mass is 241 g/mol. The minimum absolute atomic E-state index is 0.774. The van der Waals surface area contributed by atoms with Crippen LogP contribution in [0.5, 0.6) is 0 Å². The summed E-state index contributed by atoms with van der Waals surface area (Å²) in [5, 5.41) is 14.5. The molecule has 1 N–H and O–H groups in total. The van der Waals surface area contributed by atoms with Crippen molar-refractivity contribution in [2.45, 2.75) is 6.54 Å². The fourth-order valence-corrected chi connectivity index (χ4v) is 2.31. The fraction of sp³-hybridized carbons (Fsp3) is 0.0769. The van der Waals surface area contributed by atoms with Crippen molar-refractivity contribution in [2.24, 2.45) is 0 Å². The van der Waals surface area contributed by atoms with Crippen LogP contribution >= 0.6 is 11.3 Å². The second kappa shape index (κ2) is 4.51. The van der Waals surface area contributed by atoms with Gasteiger partial charge in [0.1, 0.15) is 5.51 Å². The maximum atomic E-state index is 3.97. The van der Waals surface area contributed by atoms with Gasteiger partial charge in [-0.25, -0.2) is 0 Å². The molecule has 3 rings (SSSR count). The first-order valence-electron chi connectivity index (χ1n) is 5.40. The molecule has 1 heterocycles. The SMILES string of the molecule is c1ccc2c(CNc3nncs3)cccc2c1. The van der Waals surface area contributed by atoms with E-state index in [1.807, 2.05) is 0 Å². The summed E-state index contributed by atoms with van der Waals surface area (Å²) in [6, 6.07) is 14.7. The van der Waals surface area contributed by atoms with Crippen molar-refractivity contribution in [2.75, 3.05) is 5.32 Å². The largest absolute Gasteiger partial charge is 0.356 e. The van der Waals surface area contributed by atoms with Crippen molar-refractivity contribution >= 4 is 27.2 Å². The lowest BCUT2D eigenvalue weighted by Crippen LogP contribution is -1.99. The Morgan fingerprint density at radius 1 is 1.06 bits per heavy atom. The Balaban J connectivity index is 1.90. The van der Waals surface area contributed by atoms with Crippen LogP contribution in [-0.4, -0.2) is 10.2 Å². The number of anilines is 1. The van der Waals surface area contributed by atoms with E-state index < -0.39 is 0 Å². The maximum Gasteiger partial charge on any atom is 0.205 e. The average Bonchev–Trinajstić information content (AvgIpc) is 2.89. The van der Waals surface area contributed by atoms with Gasteiger partial charge in [-0.2, -0.15) is 0 Å². The third-order valence-electron chi connectivity index (χ3n) is 2.67. The van der Waals surface area contributed by atoms with Crippen LogP contribution in [0.1, 0.15) is 5.56 Å². The number of benzene rings is 2. The predicted molar refractivity (Wildman–Crippen MR) is 71.2 cm³/mol. The highest BCUT2D eigenvalue weighted by atomic mass is 32.1. The van der Waals surface area contributed by atoms with Crippen LogP contribution in [0.25, 0.3) is 10.8 Å². The lowest BCUT2D eigenvalue weighted by molar-refractivity contribution is 1.05. The van der Waals surface area contributed by atoms with Gasteiger partial charge in [0.15, 0.2) is 0 Å². The van der Waals surface area contributed by atoms with Crippen LogP contribution < -0.4 is 5.32 Å². The first-order chi connectivity index (χ1) is 8.43. The maximum absolute atomic E-state index is 3.97. The van der Waals surface area contributed by atoms with Crippen LogP contribution in [0.15, 0.2) is 48.0 Å². The van der Waals surface area contributed by atoms with Crippen molar-refractivity contribution in [3.05, 3.63) is 53.5 Å². The molecule has 4 heteroatoms. The predicted octanol–water partition coefficient (Wildman–Crippen LogP) is 3.30. The van der Waals surface area contributed by atoms with E-state index in [2.05, 4.69) is 58.0 Å². The molecular weight excluding hydrogens is 230 g/mol. The smallest absolute Gasteiger partial charge is 0.205 e. The number of nitrogens with one attached hydrogen (secondary N) is 1. The van der Waals surface area contributed by atoms with Gasteiger partial charge >= 0.3 is 0 Å². The number of fused-ring (bicyclic) bond motifs is 1. The number of hydrogen-bond acceptors (Lipinski definition) is 4. The van der Waals surface area contributed by atoms with Crippen LogP contribution in [0, 0.1) is 0 Å². The van der Waals surface area contributed by atoms with Gasteiger partial charge in [-0.3, -0.25) is 0 Å². The number of rotatable bonds is 3. The Morgan fingerprint density at radius 3 is 2.82 bits per heavy atom. The Hall–Kier alpha value is -1.94. The van der Waals surface area contributed by atoms with E-state index in [0.717, 1.165) is 11.7 Å². The second-order valence-corrected chi connectivity index (χ2v) is 4.57. The van der Waals surface area contributed by atoms with Gasteiger partial charge in [0.2, 0.25) is 5.13 Å². The molecule has 3 aromatic rings. The molecule has 0 aliphatic carbocycles. The molecule has 0 saturated heterocycles. The third-order valence-corrected chi connectivity index (χ3v) is 3.32. The summed E-state index contributed by atoms with van der Waals surface area (Å²) in [4.78, 5) is 0. The molecule has 3 nitrogen and oxygen atoms in total. The minimum Gasteiger partial charge on any atom is -0.356 e. The van der Waals surface area contributed by atoms with Gasteiger partial charge in [-0.05, 0) is 16.3 Å². The highest BCUT2D eigenvalue weighted by Gasteiger charge is 2.01. The Kier molecular flexibility index (Phi) is 2.71. The van der Waals surface area contributed by atoms with Gasteiger partial charge in [-0.15, -0.1) is 10.2 Å². The third kappa shape index (κ3) is 2.12. The minimum atomic E-state index is 0.774. The quantitative estimate of drug-likeness (QED) is 0.764. The van der Waals surface area contributed by atoms with Crippen LogP contribution in [-0.2, 0) is 6.54 Å². The Morgan fingerprint density at radius 2 is 1.94 bits per heavy atom. The van der Waals surface area contributed by atoms with Gasteiger partial charge in [0, 0.05) is 6.54 Å². The second-order valence-electron chi connectivity index (χ2n) is 3.74. The van der Waals surface area contributed by atoms with E-state index in [-0.39, 0.29) is 0 Å². The molecule has 0 atom stereocenters. The van der Waals surface area contributed by atoms with E-state index in [9.17, 15) is 0 Å². The topological polar surface area (TPSA) is 37.8 Å². The summed E-state index contributed by atoms with van der Waals surface area (Å²) in [6.07, 6.45) is 0. The standard InChI is InChI=1S/C13H11N3S/c1-2-7-12-10(4-1)5-3-6-11(12)8-14-13-16-15-9-17-13/h1-7,9H,8H2,(H,14,16). The Labute approximate surface area is 103 Å². The van der Waals surface area contributed by atoms with E-state index in [1.54, 1.807) is 5.51 Å². The highest BCUT2D eigenvalue weighted by Crippen LogP contribution is 2.19. The molecule has 17 heavy (non-hydrogen) atoms. The molecule has 2 aromatic carbocycles. The lowest BCUT2D eigenvalue weighted by Gasteiger charge is -2.06. The van der Waals surface area contributed by atoms with E-state index >= 15 is 0 Å². The summed E-state index contributed by atoms with van der Waals surface area (Å²) in [6.45, 7) is 0.774. The van der Waals surface area contributed by atoms with Gasteiger partial charge < -0.3 is 5.32 Å². The van der Waals surface area contributed by atoms with Crippen LogP contribution in [0.4, 0.5) is 5.13 Å². The van der Waals surface area contributed by atoms with Crippen molar-refractivity contribution < 1.29 is 0 Å². The van der Waals surface area contributed by atoms with Gasteiger partial charge in [0.05, 0.1) is 0 Å². The molecule has 0 bridgehead atoms. The van der Waals surface area contributed by atoms with Crippen molar-refractivity contribution in [1.29, 1.82) is 0 Å². The zero-order chi connectivity index (χ0) is 11.5. The molecule has 0 radical (unpaired) electrons. The summed E-state index contributed by atoms with van der Waals surface area (Å²) in [5.74, 6) is 0. The molecule has 0 saturated carbocycles. The fourth-order valence-electron chi connectivity index (χ4n) is 1.87. The molecule has 1 aromatic heterocycles. The highest BCUT2D eigenvalue weighted by molar-refractivity contribution is 7.13. The summed E-state index contributed by atoms with van der Waals surface area (Å²) >= 11 is 1.51. The van der Waals surface area contributed by atoms with Crippen LogP contribution in [0.2, 0.25) is 0 Å². The summed E-state index contributed by atoms with van der Waals surface area (Å²) in [5.41, 5.74) is 3.00. The van der Waals surface area contributed by atoms with Gasteiger partial charge in [-0.1, -0.05) is 53.8 Å². The lowest BCUT2D eigenvalue weighted by atomic mass is 10.0. The van der Waals surface area contributed by atoms with Crippen LogP contribution in [0.3, 0.4) is 0 Å². The molecule has 0 unspecified atom stereocenters. The molecule has 0 spiro atoms. The van der Waals surface area contributed by atoms with E-state index in [1.165, 1.54) is 27.7 Å². The summed E-state index contributed by atoms with van der Waals surface area (Å²) < 4.78 is 0. The molecule has 0 amide bonds. The first kappa shape index (κ1) is 10.2. The average molecular weight is 241 g/mol. The molecule has 0 aliphatic heterocycles. The Bertz CT molecular complexity index is 614. The number of hydrogen-bond donors (Lipinski definition) is 1. The molecule has 0 fully saturated rings. The van der Waals surface area contributed by atoms with E-state index in [0.29, 0.717) is 0 Å². The van der Waals surface area contributed by atoms with Gasteiger partial charge in [0.25, 0.3) is 0 Å². The number of aromatic nitrogens is 2. The molecule has 84 valence electrons. The first-order valence-corrected chi connectivity index (χ1v) is 6.28. The zero-order valence-electron chi connectivity index (χ0n) is 9.13. The van der Waals surface area contributed by atoms with Crippen molar-refractivity contribution in [3.8, 4) is 0 Å².